The average Bonchev–Trinajstić information content (AvgIpc) is 3.15. The summed E-state index contributed by atoms with van der Waals surface area (Å²) in [5.74, 6) is 1.83. The van der Waals surface area contributed by atoms with Crippen molar-refractivity contribution in [2.24, 2.45) is 11.8 Å². The summed E-state index contributed by atoms with van der Waals surface area (Å²) >= 11 is 0. The lowest BCUT2D eigenvalue weighted by molar-refractivity contribution is -0.0717. The van der Waals surface area contributed by atoms with Gasteiger partial charge in [-0.3, -0.25) is 0 Å². The summed E-state index contributed by atoms with van der Waals surface area (Å²) < 4.78 is 6.63. The molecule has 1 N–H and O–H groups in total. The highest BCUT2D eigenvalue weighted by Crippen LogP contribution is 2.44. The molecule has 0 bridgehead atoms. The van der Waals surface area contributed by atoms with E-state index in [0.29, 0.717) is 11.7 Å². The molecule has 122 valence electrons. The Labute approximate surface area is 131 Å². The predicted molar refractivity (Wildman–Crippen MR) is 88.5 cm³/mol. The summed E-state index contributed by atoms with van der Waals surface area (Å²) in [6, 6.07) is 0. The van der Waals surface area contributed by atoms with Crippen molar-refractivity contribution in [2.75, 3.05) is 13.1 Å². The van der Waals surface area contributed by atoms with Crippen molar-refractivity contribution in [1.82, 2.24) is 5.32 Å². The van der Waals surface area contributed by atoms with E-state index < -0.39 is 0 Å². The van der Waals surface area contributed by atoms with Crippen LogP contribution in [0.4, 0.5) is 0 Å². The van der Waals surface area contributed by atoms with E-state index in [1.165, 1.54) is 83.6 Å². The molecule has 1 aliphatic heterocycles. The molecule has 2 atom stereocenters. The number of hydrogen-bond acceptors (Lipinski definition) is 2. The third-order valence-corrected chi connectivity index (χ3v) is 6.39. The second-order valence-electron chi connectivity index (χ2n) is 7.87. The summed E-state index contributed by atoms with van der Waals surface area (Å²) in [6.45, 7) is 4.56. The predicted octanol–water partition coefficient (Wildman–Crippen LogP) is 4.67. The van der Waals surface area contributed by atoms with Gasteiger partial charge in [-0.25, -0.2) is 0 Å². The van der Waals surface area contributed by atoms with Gasteiger partial charge in [-0.2, -0.15) is 0 Å². The van der Waals surface area contributed by atoms with Crippen LogP contribution in [-0.2, 0) is 4.74 Å². The normalized spacial score (nSPS) is 31.0. The van der Waals surface area contributed by atoms with Gasteiger partial charge in [0, 0.05) is 0 Å². The third-order valence-electron chi connectivity index (χ3n) is 6.39. The molecule has 3 fully saturated rings. The van der Waals surface area contributed by atoms with Crippen molar-refractivity contribution in [3.8, 4) is 0 Å². The quantitative estimate of drug-likeness (QED) is 0.768. The lowest BCUT2D eigenvalue weighted by Crippen LogP contribution is -2.34. The Morgan fingerprint density at radius 3 is 2.48 bits per heavy atom. The van der Waals surface area contributed by atoms with E-state index in [-0.39, 0.29) is 0 Å². The van der Waals surface area contributed by atoms with E-state index in [1.54, 1.807) is 0 Å². The lowest BCUT2D eigenvalue weighted by Gasteiger charge is -2.34. The molecule has 1 saturated heterocycles. The minimum atomic E-state index is 0.307. The molecule has 2 aliphatic carbocycles. The Hall–Kier alpha value is -0.0800. The molecule has 3 rings (SSSR count). The molecular weight excluding hydrogens is 258 g/mol. The SMILES string of the molecule is CCNCC(CC1CCC2(CCCCC2)O1)C1CCCC1. The van der Waals surface area contributed by atoms with Gasteiger partial charge in [-0.1, -0.05) is 51.9 Å². The molecule has 1 spiro atoms. The highest BCUT2D eigenvalue weighted by molar-refractivity contribution is 4.92. The van der Waals surface area contributed by atoms with Crippen molar-refractivity contribution < 1.29 is 4.74 Å². The molecular formula is C19H35NO. The monoisotopic (exact) mass is 293 g/mol. The van der Waals surface area contributed by atoms with Crippen LogP contribution >= 0.6 is 0 Å². The van der Waals surface area contributed by atoms with Crippen molar-refractivity contribution in [2.45, 2.75) is 95.7 Å². The van der Waals surface area contributed by atoms with E-state index in [4.69, 9.17) is 4.74 Å². The van der Waals surface area contributed by atoms with Crippen molar-refractivity contribution in [3.05, 3.63) is 0 Å². The summed E-state index contributed by atoms with van der Waals surface area (Å²) in [4.78, 5) is 0. The topological polar surface area (TPSA) is 21.3 Å². The molecule has 0 aromatic rings. The minimum absolute atomic E-state index is 0.307. The first-order valence-electron chi connectivity index (χ1n) is 9.70. The van der Waals surface area contributed by atoms with E-state index in [9.17, 15) is 0 Å². The van der Waals surface area contributed by atoms with Crippen LogP contribution in [0, 0.1) is 11.8 Å². The minimum Gasteiger partial charge on any atom is -0.372 e. The van der Waals surface area contributed by atoms with Crippen molar-refractivity contribution in [3.63, 3.8) is 0 Å². The van der Waals surface area contributed by atoms with Gasteiger partial charge < -0.3 is 10.1 Å². The summed E-state index contributed by atoms with van der Waals surface area (Å²) in [5, 5.41) is 3.61. The number of ether oxygens (including phenoxy) is 1. The van der Waals surface area contributed by atoms with Crippen LogP contribution in [0.1, 0.15) is 84.0 Å². The molecule has 0 aromatic heterocycles. The lowest BCUT2D eigenvalue weighted by atomic mass is 9.82. The average molecular weight is 293 g/mol. The van der Waals surface area contributed by atoms with Crippen LogP contribution in [0.15, 0.2) is 0 Å². The molecule has 3 aliphatic rings. The third kappa shape index (κ3) is 4.01. The van der Waals surface area contributed by atoms with Gasteiger partial charge in [0.25, 0.3) is 0 Å². The second kappa shape index (κ2) is 7.46. The molecule has 1 heterocycles. The number of rotatable bonds is 6. The zero-order valence-corrected chi connectivity index (χ0v) is 14.0. The van der Waals surface area contributed by atoms with Gasteiger partial charge in [-0.05, 0) is 57.0 Å². The molecule has 0 amide bonds. The summed E-state index contributed by atoms with van der Waals surface area (Å²) in [5.41, 5.74) is 0.307. The molecule has 2 saturated carbocycles. The van der Waals surface area contributed by atoms with Gasteiger partial charge in [0.2, 0.25) is 0 Å². The maximum Gasteiger partial charge on any atom is 0.0687 e. The first-order valence-corrected chi connectivity index (χ1v) is 9.70. The largest absolute Gasteiger partial charge is 0.372 e. The summed E-state index contributed by atoms with van der Waals surface area (Å²) in [6.07, 6.45) is 17.3. The number of nitrogens with one attached hydrogen (secondary N) is 1. The molecule has 2 heteroatoms. The van der Waals surface area contributed by atoms with Gasteiger partial charge >= 0.3 is 0 Å². The van der Waals surface area contributed by atoms with Crippen LogP contribution in [0.2, 0.25) is 0 Å². The van der Waals surface area contributed by atoms with Gasteiger partial charge in [-0.15, -0.1) is 0 Å². The van der Waals surface area contributed by atoms with E-state index in [2.05, 4.69) is 12.2 Å². The van der Waals surface area contributed by atoms with Gasteiger partial charge in [0.1, 0.15) is 0 Å². The molecule has 2 unspecified atom stereocenters. The van der Waals surface area contributed by atoms with E-state index >= 15 is 0 Å². The highest BCUT2D eigenvalue weighted by Gasteiger charge is 2.41. The Balaban J connectivity index is 1.52. The standard InChI is InChI=1S/C19H35NO/c1-2-20-15-17(16-8-4-5-9-16)14-18-10-13-19(21-18)11-6-3-7-12-19/h16-18,20H,2-15H2,1H3. The molecule has 21 heavy (non-hydrogen) atoms. The Morgan fingerprint density at radius 1 is 1.00 bits per heavy atom. The van der Waals surface area contributed by atoms with Crippen LogP contribution in [-0.4, -0.2) is 24.8 Å². The van der Waals surface area contributed by atoms with Crippen LogP contribution in [0.3, 0.4) is 0 Å². The maximum atomic E-state index is 6.63. The zero-order chi connectivity index (χ0) is 14.5. The Bertz CT molecular complexity index is 305. The number of hydrogen-bond donors (Lipinski definition) is 1. The fraction of sp³-hybridized carbons (Fsp3) is 1.00. The van der Waals surface area contributed by atoms with Crippen LogP contribution < -0.4 is 5.32 Å². The first kappa shape index (κ1) is 15.8. The Morgan fingerprint density at radius 2 is 1.76 bits per heavy atom. The maximum absolute atomic E-state index is 6.63. The first-order chi connectivity index (χ1) is 10.3. The second-order valence-corrected chi connectivity index (χ2v) is 7.87. The zero-order valence-electron chi connectivity index (χ0n) is 14.0. The van der Waals surface area contributed by atoms with Crippen molar-refractivity contribution >= 4 is 0 Å². The summed E-state index contributed by atoms with van der Waals surface area (Å²) in [7, 11) is 0. The van der Waals surface area contributed by atoms with Crippen molar-refractivity contribution in [1.29, 1.82) is 0 Å². The van der Waals surface area contributed by atoms with E-state index in [0.717, 1.165) is 18.4 Å². The molecule has 0 radical (unpaired) electrons. The highest BCUT2D eigenvalue weighted by atomic mass is 16.5. The van der Waals surface area contributed by atoms with Gasteiger partial charge in [0.15, 0.2) is 0 Å². The Kier molecular flexibility index (Phi) is 5.61. The van der Waals surface area contributed by atoms with Crippen LogP contribution in [0.25, 0.3) is 0 Å². The van der Waals surface area contributed by atoms with E-state index in [1.807, 2.05) is 0 Å². The fourth-order valence-electron chi connectivity index (χ4n) is 5.16. The fourth-order valence-corrected chi connectivity index (χ4v) is 5.16. The molecule has 0 aromatic carbocycles. The van der Waals surface area contributed by atoms with Crippen LogP contribution in [0.5, 0.6) is 0 Å². The smallest absolute Gasteiger partial charge is 0.0687 e. The van der Waals surface area contributed by atoms with Gasteiger partial charge in [0.05, 0.1) is 11.7 Å². The molecule has 2 nitrogen and oxygen atoms in total.